The van der Waals surface area contributed by atoms with E-state index < -0.39 is 23.9 Å². The molecule has 0 radical (unpaired) electrons. The first-order valence-electron chi connectivity index (χ1n) is 7.99. The lowest BCUT2D eigenvalue weighted by molar-refractivity contribution is -0.138. The summed E-state index contributed by atoms with van der Waals surface area (Å²) in [5.74, 6) is -2.68. The first-order valence-corrected chi connectivity index (χ1v) is 7.99. The van der Waals surface area contributed by atoms with Gasteiger partial charge in [-0.1, -0.05) is 30.3 Å². The van der Waals surface area contributed by atoms with Crippen LogP contribution in [0.4, 0.5) is 0 Å². The molecular formula is C18H20N2O6. The third-order valence-electron chi connectivity index (χ3n) is 3.84. The van der Waals surface area contributed by atoms with Gasteiger partial charge in [0.25, 0.3) is 0 Å². The number of rotatable bonds is 9. The Morgan fingerprint density at radius 2 is 1.85 bits per heavy atom. The van der Waals surface area contributed by atoms with Gasteiger partial charge in [0.2, 0.25) is 5.88 Å². The number of aromatic amines is 1. The molecule has 0 fully saturated rings. The van der Waals surface area contributed by atoms with Crippen LogP contribution in [0.5, 0.6) is 5.88 Å². The van der Waals surface area contributed by atoms with Gasteiger partial charge in [0.15, 0.2) is 0 Å². The number of carbonyl (C=O) groups is 3. The van der Waals surface area contributed by atoms with Crippen LogP contribution < -0.4 is 10.1 Å². The monoisotopic (exact) mass is 360 g/mol. The molecule has 8 heteroatoms. The highest BCUT2D eigenvalue weighted by Gasteiger charge is 2.24. The van der Waals surface area contributed by atoms with Crippen LogP contribution in [-0.4, -0.2) is 40.2 Å². The van der Waals surface area contributed by atoms with Crippen molar-refractivity contribution in [1.29, 1.82) is 0 Å². The quantitative estimate of drug-likeness (QED) is 0.499. The molecule has 0 amide bonds. The van der Waals surface area contributed by atoms with Gasteiger partial charge in [0.1, 0.15) is 6.04 Å². The fraction of sp³-hybridized carbons (Fsp3) is 0.278. The number of likely N-dealkylation sites (N-methyl/N-ethyl adjacent to an activating group) is 1. The number of hydrogen-bond acceptors (Lipinski definition) is 5. The van der Waals surface area contributed by atoms with E-state index in [1.54, 1.807) is 31.3 Å². The number of hydrogen-bond donors (Lipinski definition) is 4. The number of esters is 1. The second kappa shape index (κ2) is 8.82. The molecule has 2 rings (SSSR count). The van der Waals surface area contributed by atoms with Gasteiger partial charge in [-0.15, -0.1) is 0 Å². The maximum atomic E-state index is 12.5. The van der Waals surface area contributed by atoms with Crippen LogP contribution in [0, 0.1) is 0 Å². The van der Waals surface area contributed by atoms with E-state index in [1.165, 1.54) is 6.20 Å². The summed E-state index contributed by atoms with van der Waals surface area (Å²) in [5.41, 5.74) is 1.48. The SMILES string of the molecule is CNC(C(=O)Oc1[nH]cc(CCC(=O)O)c1CC(=O)O)c1ccccc1. The number of aryl methyl sites for hydroxylation is 1. The zero-order valence-corrected chi connectivity index (χ0v) is 14.2. The van der Waals surface area contributed by atoms with E-state index in [0.29, 0.717) is 11.1 Å². The van der Waals surface area contributed by atoms with Crippen LogP contribution >= 0.6 is 0 Å². The van der Waals surface area contributed by atoms with Gasteiger partial charge in [0.05, 0.1) is 6.42 Å². The fourth-order valence-corrected chi connectivity index (χ4v) is 2.60. The number of H-pyrrole nitrogens is 1. The predicted molar refractivity (Wildman–Crippen MR) is 92.0 cm³/mol. The number of aliphatic carboxylic acids is 2. The summed E-state index contributed by atoms with van der Waals surface area (Å²) >= 11 is 0. The van der Waals surface area contributed by atoms with Crippen molar-refractivity contribution >= 4 is 17.9 Å². The van der Waals surface area contributed by atoms with E-state index in [9.17, 15) is 14.4 Å². The van der Waals surface area contributed by atoms with Crippen molar-refractivity contribution in [3.63, 3.8) is 0 Å². The van der Waals surface area contributed by atoms with Gasteiger partial charge in [-0.2, -0.15) is 0 Å². The smallest absolute Gasteiger partial charge is 0.334 e. The lowest BCUT2D eigenvalue weighted by Crippen LogP contribution is -2.29. The number of benzene rings is 1. The maximum absolute atomic E-state index is 12.5. The molecule has 0 aliphatic carbocycles. The summed E-state index contributed by atoms with van der Waals surface area (Å²) in [6.07, 6.45) is 1.08. The summed E-state index contributed by atoms with van der Waals surface area (Å²) in [6, 6.07) is 8.23. The van der Waals surface area contributed by atoms with Crippen LogP contribution in [0.25, 0.3) is 0 Å². The molecule has 138 valence electrons. The fourth-order valence-electron chi connectivity index (χ4n) is 2.60. The zero-order chi connectivity index (χ0) is 19.1. The molecule has 4 N–H and O–H groups in total. The molecule has 26 heavy (non-hydrogen) atoms. The minimum absolute atomic E-state index is 0.0222. The van der Waals surface area contributed by atoms with Gasteiger partial charge in [-0.25, -0.2) is 4.79 Å². The van der Waals surface area contributed by atoms with Gasteiger partial charge in [-0.3, -0.25) is 9.59 Å². The highest BCUT2D eigenvalue weighted by molar-refractivity contribution is 5.80. The van der Waals surface area contributed by atoms with Crippen LogP contribution in [0.1, 0.15) is 29.2 Å². The van der Waals surface area contributed by atoms with E-state index in [4.69, 9.17) is 14.9 Å². The van der Waals surface area contributed by atoms with E-state index in [1.807, 2.05) is 6.07 Å². The lowest BCUT2D eigenvalue weighted by atomic mass is 10.1. The minimum Gasteiger partial charge on any atom is -0.481 e. The molecule has 0 aliphatic rings. The number of nitrogens with one attached hydrogen (secondary N) is 2. The van der Waals surface area contributed by atoms with Crippen molar-refractivity contribution in [2.45, 2.75) is 25.3 Å². The lowest BCUT2D eigenvalue weighted by Gasteiger charge is -2.15. The molecule has 0 spiro atoms. The Labute approximate surface area is 149 Å². The molecule has 0 bridgehead atoms. The van der Waals surface area contributed by atoms with Crippen LogP contribution in [0.2, 0.25) is 0 Å². The highest BCUT2D eigenvalue weighted by atomic mass is 16.5. The number of aromatic nitrogens is 1. The first-order chi connectivity index (χ1) is 12.4. The Kier molecular flexibility index (Phi) is 6.51. The average Bonchev–Trinajstić information content (AvgIpc) is 2.95. The predicted octanol–water partition coefficient (Wildman–Crippen LogP) is 1.53. The van der Waals surface area contributed by atoms with Crippen LogP contribution in [0.3, 0.4) is 0 Å². The largest absolute Gasteiger partial charge is 0.481 e. The van der Waals surface area contributed by atoms with Crippen molar-refractivity contribution in [2.24, 2.45) is 0 Å². The molecule has 0 aliphatic heterocycles. The molecule has 1 heterocycles. The molecule has 1 aromatic carbocycles. The van der Waals surface area contributed by atoms with Crippen molar-refractivity contribution in [3.8, 4) is 5.88 Å². The van der Waals surface area contributed by atoms with Crippen LogP contribution in [-0.2, 0) is 27.2 Å². The maximum Gasteiger partial charge on any atom is 0.334 e. The summed E-state index contributed by atoms with van der Waals surface area (Å²) in [7, 11) is 1.62. The topological polar surface area (TPSA) is 129 Å². The molecule has 1 aromatic heterocycles. The molecule has 2 aromatic rings. The second-order valence-electron chi connectivity index (χ2n) is 5.64. The second-order valence-corrected chi connectivity index (χ2v) is 5.64. The number of carboxylic acid groups (broad SMARTS) is 2. The Hall–Kier alpha value is -3.13. The van der Waals surface area contributed by atoms with E-state index in [0.717, 1.165) is 0 Å². The highest BCUT2D eigenvalue weighted by Crippen LogP contribution is 2.25. The minimum atomic E-state index is -1.10. The molecule has 1 atom stereocenters. The van der Waals surface area contributed by atoms with Crippen molar-refractivity contribution < 1.29 is 29.3 Å². The summed E-state index contributed by atoms with van der Waals surface area (Å²) in [5, 5.41) is 20.8. The summed E-state index contributed by atoms with van der Waals surface area (Å²) < 4.78 is 5.37. The number of carbonyl (C=O) groups excluding carboxylic acids is 1. The Morgan fingerprint density at radius 3 is 2.42 bits per heavy atom. The van der Waals surface area contributed by atoms with Crippen molar-refractivity contribution in [3.05, 3.63) is 53.2 Å². The number of carboxylic acids is 2. The van der Waals surface area contributed by atoms with E-state index >= 15 is 0 Å². The average molecular weight is 360 g/mol. The van der Waals surface area contributed by atoms with E-state index in [2.05, 4.69) is 10.3 Å². The number of ether oxygens (including phenoxy) is 1. The summed E-state index contributed by atoms with van der Waals surface area (Å²) in [4.78, 5) is 37.1. The van der Waals surface area contributed by atoms with Gasteiger partial charge in [0, 0.05) is 18.2 Å². The molecule has 0 saturated heterocycles. The van der Waals surface area contributed by atoms with E-state index in [-0.39, 0.29) is 30.7 Å². The molecule has 8 nitrogen and oxygen atoms in total. The van der Waals surface area contributed by atoms with Gasteiger partial charge in [-0.05, 0) is 24.6 Å². The third kappa shape index (κ3) is 4.93. The Morgan fingerprint density at radius 1 is 1.15 bits per heavy atom. The summed E-state index contributed by atoms with van der Waals surface area (Å²) in [6.45, 7) is 0. The Bertz CT molecular complexity index is 784. The molecular weight excluding hydrogens is 340 g/mol. The Balaban J connectivity index is 2.22. The van der Waals surface area contributed by atoms with Crippen molar-refractivity contribution in [1.82, 2.24) is 10.3 Å². The first kappa shape index (κ1) is 19.2. The molecule has 0 saturated carbocycles. The van der Waals surface area contributed by atoms with Crippen molar-refractivity contribution in [2.75, 3.05) is 7.05 Å². The van der Waals surface area contributed by atoms with Gasteiger partial charge < -0.3 is 25.3 Å². The standard InChI is InChI=1S/C18H20N2O6/c1-19-16(11-5-3-2-4-6-11)18(25)26-17-13(9-15(23)24)12(10-20-17)7-8-14(21)22/h2-6,10,16,19-20H,7-9H2,1H3,(H,21,22)(H,23,24). The van der Waals surface area contributed by atoms with Gasteiger partial charge >= 0.3 is 17.9 Å². The third-order valence-corrected chi connectivity index (χ3v) is 3.84. The van der Waals surface area contributed by atoms with Crippen LogP contribution in [0.15, 0.2) is 36.5 Å². The molecule has 1 unspecified atom stereocenters. The zero-order valence-electron chi connectivity index (χ0n) is 14.2. The normalized spacial score (nSPS) is 11.7.